The summed E-state index contributed by atoms with van der Waals surface area (Å²) in [5.74, 6) is 1.28. The third-order valence-electron chi connectivity index (χ3n) is 3.19. The van der Waals surface area contributed by atoms with Crippen molar-refractivity contribution in [3.8, 4) is 0 Å². The predicted molar refractivity (Wildman–Crippen MR) is 96.8 cm³/mol. The molecule has 0 bridgehead atoms. The molecule has 0 saturated carbocycles. The quantitative estimate of drug-likeness (QED) is 0.191. The zero-order chi connectivity index (χ0) is 14.9. The van der Waals surface area contributed by atoms with E-state index in [1.807, 2.05) is 0 Å². The summed E-state index contributed by atoms with van der Waals surface area (Å²) in [5.41, 5.74) is 3.75. The van der Waals surface area contributed by atoms with Crippen LogP contribution in [-0.4, -0.2) is 0 Å². The van der Waals surface area contributed by atoms with Gasteiger partial charge in [0.2, 0.25) is 0 Å². The minimum Gasteiger partial charge on any atom is -0.0999 e. The van der Waals surface area contributed by atoms with E-state index in [1.165, 1.54) is 22.6 Å². The second kappa shape index (κ2) is 10.7. The van der Waals surface area contributed by atoms with E-state index in [-0.39, 0.29) is 9.90 Å². The topological polar surface area (TPSA) is 0 Å². The van der Waals surface area contributed by atoms with Crippen molar-refractivity contribution in [3.63, 3.8) is 0 Å². The molecule has 0 fully saturated rings. The molecule has 0 heterocycles. The van der Waals surface area contributed by atoms with Crippen LogP contribution in [0.1, 0.15) is 16.7 Å². The summed E-state index contributed by atoms with van der Waals surface area (Å²) in [6.07, 6.45) is 0. The van der Waals surface area contributed by atoms with Crippen LogP contribution in [0.2, 0.25) is 0 Å². The van der Waals surface area contributed by atoms with Crippen molar-refractivity contribution < 1.29 is 20.0 Å². The molecular weight excluding hydrogens is 492 g/mol. The van der Waals surface area contributed by atoms with Crippen molar-refractivity contribution in [3.05, 3.63) is 114 Å². The van der Waals surface area contributed by atoms with E-state index in [4.69, 9.17) is 0 Å². The zero-order valence-electron chi connectivity index (χ0n) is 12.0. The van der Waals surface area contributed by atoms with Crippen LogP contribution in [0.25, 0.3) is 0 Å². The van der Waals surface area contributed by atoms with Gasteiger partial charge >= 0.3 is 29.2 Å². The van der Waals surface area contributed by atoms with Gasteiger partial charge in [0, 0.05) is 0 Å². The summed E-state index contributed by atoms with van der Waals surface area (Å²) in [7, 11) is 4.58. The molecule has 0 radical (unpaired) electrons. The molecule has 1 unspecified atom stereocenters. The van der Waals surface area contributed by atoms with Gasteiger partial charge in [-0.1, -0.05) is 114 Å². The third kappa shape index (κ3) is 5.02. The van der Waals surface area contributed by atoms with Gasteiger partial charge in [0.05, 0.1) is 0 Å². The average molecular weight is 510 g/mol. The number of hydrogen-bond acceptors (Lipinski definition) is 0. The smallest absolute Gasteiger partial charge is 0.0710 e. The van der Waals surface area contributed by atoms with Crippen LogP contribution < -0.4 is 0 Å². The van der Waals surface area contributed by atoms with E-state index in [2.05, 4.69) is 100 Å². The van der Waals surface area contributed by atoms with E-state index in [1.54, 1.807) is 20.0 Å². The number of rotatable bonds is 3. The average Bonchev–Trinajstić information content (AvgIpc) is 2.60. The van der Waals surface area contributed by atoms with Crippen molar-refractivity contribution in [2.45, 2.75) is 0 Å². The van der Waals surface area contributed by atoms with E-state index < -0.39 is 0 Å². The molecule has 0 N–H and O–H groups in total. The molecule has 3 rings (SSSR count). The summed E-state index contributed by atoms with van der Waals surface area (Å²) < 4.78 is 0. The fraction of sp³-hybridized carbons (Fsp3) is 0. The Balaban J connectivity index is 0.000000775. The van der Waals surface area contributed by atoms with Gasteiger partial charge in [0.15, 0.2) is 0 Å². The normalized spacial score (nSPS) is 9.05. The van der Waals surface area contributed by atoms with Crippen LogP contribution in [0.5, 0.6) is 0 Å². The Morgan fingerprint density at radius 1 is 0.500 bits per heavy atom. The molecule has 0 spiro atoms. The summed E-state index contributed by atoms with van der Waals surface area (Å²) in [4.78, 5) is 0. The first kappa shape index (κ1) is 19.0. The van der Waals surface area contributed by atoms with Gasteiger partial charge in [-0.25, -0.2) is 0 Å². The molecule has 0 saturated heterocycles. The Morgan fingerprint density at radius 3 is 0.955 bits per heavy atom. The minimum absolute atomic E-state index is 0. The molecule has 1 atom stereocenters. The summed E-state index contributed by atoms with van der Waals surface area (Å²) in [6.45, 7) is 0. The Kier molecular flexibility index (Phi) is 9.24. The first-order valence-electron chi connectivity index (χ1n) is 6.60. The Morgan fingerprint density at radius 2 is 0.727 bits per heavy atom. The Hall–Kier alpha value is -1.01. The second-order valence-electron chi connectivity index (χ2n) is 4.47. The molecule has 3 aromatic carbocycles. The van der Waals surface area contributed by atoms with Crippen LogP contribution >= 0.6 is 19.1 Å². The summed E-state index contributed by atoms with van der Waals surface area (Å²) >= 11 is 1.75. The molecule has 0 amide bonds. The van der Waals surface area contributed by atoms with Gasteiger partial charge in [-0.05, 0) is 0 Å². The van der Waals surface area contributed by atoms with Crippen LogP contribution in [0.4, 0.5) is 0 Å². The Labute approximate surface area is 152 Å². The summed E-state index contributed by atoms with van der Waals surface area (Å²) in [6, 6.07) is 31.6. The fourth-order valence-electron chi connectivity index (χ4n) is 2.31. The molecule has 22 heavy (non-hydrogen) atoms. The van der Waals surface area contributed by atoms with Crippen LogP contribution in [0.15, 0.2) is 91.0 Å². The monoisotopic (exact) mass is 509 g/mol. The Bertz CT molecular complexity index is 535. The molecule has 3 aromatic rings. The molecule has 0 aliphatic carbocycles. The van der Waals surface area contributed by atoms with Gasteiger partial charge < -0.3 is 0 Å². The number of benzene rings is 3. The molecule has 3 heteroatoms. The van der Waals surface area contributed by atoms with Gasteiger partial charge in [-0.3, -0.25) is 0 Å². The van der Waals surface area contributed by atoms with Crippen LogP contribution in [-0.2, 0) is 20.0 Å². The van der Waals surface area contributed by atoms with Gasteiger partial charge in [-0.15, -0.1) is 0 Å². The number of halogens is 1. The van der Waals surface area contributed by atoms with Gasteiger partial charge in [0.1, 0.15) is 0 Å². The van der Waals surface area contributed by atoms with Crippen molar-refractivity contribution in [2.24, 2.45) is 0 Å². The zero-order valence-corrected chi connectivity index (χ0v) is 16.4. The minimum atomic E-state index is 0. The van der Waals surface area contributed by atoms with Crippen molar-refractivity contribution in [1.82, 2.24) is 0 Å². The van der Waals surface area contributed by atoms with Crippen LogP contribution in [0, 0.1) is 5.92 Å². The molecule has 0 aliphatic rings. The molecular formula is C19H18AuClP-. The van der Waals surface area contributed by atoms with Crippen LogP contribution in [0.3, 0.4) is 0 Å². The predicted octanol–water partition coefficient (Wildman–Crippen LogP) is 5.45. The maximum absolute atomic E-state index is 4.58. The van der Waals surface area contributed by atoms with Gasteiger partial charge in [0.25, 0.3) is 0 Å². The molecule has 118 valence electrons. The molecule has 0 aliphatic heterocycles. The van der Waals surface area contributed by atoms with E-state index in [9.17, 15) is 0 Å². The SMILES string of the molecule is P.[Cl][Au].c1ccc([C-](c2ccccc2)c2ccccc2)cc1. The van der Waals surface area contributed by atoms with Crippen molar-refractivity contribution in [2.75, 3.05) is 0 Å². The van der Waals surface area contributed by atoms with E-state index >= 15 is 0 Å². The maximum atomic E-state index is 4.58. The summed E-state index contributed by atoms with van der Waals surface area (Å²) in [5, 5.41) is 0. The second-order valence-corrected chi connectivity index (χ2v) is 4.47. The first-order chi connectivity index (χ1) is 10.4. The molecule has 0 nitrogen and oxygen atoms in total. The molecule has 0 aromatic heterocycles. The first-order valence-corrected chi connectivity index (χ1v) is 9.28. The third-order valence-corrected chi connectivity index (χ3v) is 3.19. The van der Waals surface area contributed by atoms with Crippen molar-refractivity contribution in [1.29, 1.82) is 0 Å². The fourth-order valence-corrected chi connectivity index (χ4v) is 2.31. The van der Waals surface area contributed by atoms with E-state index in [0.29, 0.717) is 0 Å². The van der Waals surface area contributed by atoms with Crippen molar-refractivity contribution >= 4 is 19.1 Å². The maximum Gasteiger partial charge on any atom is -0.0710 e. The number of hydrogen-bond donors (Lipinski definition) is 0. The van der Waals surface area contributed by atoms with E-state index in [0.717, 1.165) is 0 Å². The largest absolute Gasteiger partial charge is 0.0999 e. The standard InChI is InChI=1S/C19H15.Au.ClH.H3P/c1-4-10-16(11-5-1)19(17-12-6-2-7-13-17)18-14-8-3-9-15-18;;;/h1-15H;;1H;1H3/q-1;+1;;/p-1. The van der Waals surface area contributed by atoms with Gasteiger partial charge in [-0.2, -0.15) is 9.90 Å².